The second-order valence-electron chi connectivity index (χ2n) is 4.87. The van der Waals surface area contributed by atoms with Crippen molar-refractivity contribution in [2.75, 3.05) is 18.5 Å². The molecule has 0 fully saturated rings. The lowest BCUT2D eigenvalue weighted by Gasteiger charge is -2.10. The van der Waals surface area contributed by atoms with Gasteiger partial charge >= 0.3 is 0 Å². The number of pyridine rings is 1. The molecule has 116 valence electrons. The Kier molecular flexibility index (Phi) is 7.76. The van der Waals surface area contributed by atoms with Crippen LogP contribution in [0.1, 0.15) is 44.9 Å². The second-order valence-corrected chi connectivity index (χ2v) is 4.87. The Hall–Kier alpha value is -1.61. The standard InChI is InChI=1S/C16H22N2O.C2H6/c1-3-13-10-12(2)18-16-7-6-14(11-15(13)16)17-8-4-5-9-19;1-2/h6-7,10-11,17,19H,3-5,8-9H2,1-2H3;1-2H3. The molecule has 0 saturated heterocycles. The molecule has 0 radical (unpaired) electrons. The van der Waals surface area contributed by atoms with Crippen LogP contribution < -0.4 is 5.32 Å². The summed E-state index contributed by atoms with van der Waals surface area (Å²) in [6.45, 7) is 9.38. The van der Waals surface area contributed by atoms with Gasteiger partial charge < -0.3 is 10.4 Å². The molecule has 21 heavy (non-hydrogen) atoms. The van der Waals surface area contributed by atoms with Crippen molar-refractivity contribution >= 4 is 16.6 Å². The maximum Gasteiger partial charge on any atom is 0.0709 e. The SMILES string of the molecule is CC.CCc1cc(C)nc2ccc(NCCCCO)cc12. The average Bonchev–Trinajstić information content (AvgIpc) is 2.53. The summed E-state index contributed by atoms with van der Waals surface area (Å²) in [4.78, 5) is 4.57. The third-order valence-corrected chi connectivity index (χ3v) is 3.32. The van der Waals surface area contributed by atoms with Gasteiger partial charge in [0.1, 0.15) is 0 Å². The Morgan fingerprint density at radius 1 is 1.14 bits per heavy atom. The Balaban J connectivity index is 0.00000106. The number of benzene rings is 1. The molecule has 0 amide bonds. The van der Waals surface area contributed by atoms with E-state index in [-0.39, 0.29) is 6.61 Å². The van der Waals surface area contributed by atoms with Crippen molar-refractivity contribution in [1.29, 1.82) is 0 Å². The fourth-order valence-electron chi connectivity index (χ4n) is 2.31. The predicted molar refractivity (Wildman–Crippen MR) is 92.0 cm³/mol. The van der Waals surface area contributed by atoms with Crippen LogP contribution in [0, 0.1) is 6.92 Å². The van der Waals surface area contributed by atoms with Gasteiger partial charge in [0, 0.05) is 29.9 Å². The van der Waals surface area contributed by atoms with E-state index >= 15 is 0 Å². The van der Waals surface area contributed by atoms with Gasteiger partial charge in [-0.25, -0.2) is 0 Å². The zero-order valence-electron chi connectivity index (χ0n) is 13.7. The zero-order chi connectivity index (χ0) is 15.7. The highest BCUT2D eigenvalue weighted by Gasteiger charge is 2.03. The predicted octanol–water partition coefficient (Wildman–Crippen LogP) is 4.32. The third-order valence-electron chi connectivity index (χ3n) is 3.32. The number of aromatic nitrogens is 1. The highest BCUT2D eigenvalue weighted by Crippen LogP contribution is 2.23. The Labute approximate surface area is 128 Å². The molecule has 0 aliphatic carbocycles. The molecule has 0 unspecified atom stereocenters. The van der Waals surface area contributed by atoms with Crippen LogP contribution in [0.2, 0.25) is 0 Å². The van der Waals surface area contributed by atoms with E-state index in [1.165, 1.54) is 10.9 Å². The van der Waals surface area contributed by atoms with Crippen molar-refractivity contribution < 1.29 is 5.11 Å². The lowest BCUT2D eigenvalue weighted by Crippen LogP contribution is -2.02. The van der Waals surface area contributed by atoms with Crippen LogP contribution in [-0.2, 0) is 6.42 Å². The molecule has 2 N–H and O–H groups in total. The zero-order valence-corrected chi connectivity index (χ0v) is 13.7. The minimum absolute atomic E-state index is 0.266. The van der Waals surface area contributed by atoms with Gasteiger partial charge in [-0.2, -0.15) is 0 Å². The Morgan fingerprint density at radius 2 is 1.90 bits per heavy atom. The van der Waals surface area contributed by atoms with Crippen LogP contribution in [0.3, 0.4) is 0 Å². The molecule has 0 aliphatic heterocycles. The highest BCUT2D eigenvalue weighted by atomic mass is 16.2. The van der Waals surface area contributed by atoms with Gasteiger partial charge in [0.15, 0.2) is 0 Å². The van der Waals surface area contributed by atoms with Gasteiger partial charge in [-0.05, 0) is 56.0 Å². The van der Waals surface area contributed by atoms with E-state index < -0.39 is 0 Å². The largest absolute Gasteiger partial charge is 0.396 e. The first-order chi connectivity index (χ1) is 10.2. The molecule has 0 spiro atoms. The second kappa shape index (κ2) is 9.35. The average molecular weight is 288 g/mol. The van der Waals surface area contributed by atoms with Gasteiger partial charge in [-0.3, -0.25) is 4.98 Å². The first-order valence-electron chi connectivity index (χ1n) is 7.99. The summed E-state index contributed by atoms with van der Waals surface area (Å²) in [5, 5.41) is 13.4. The summed E-state index contributed by atoms with van der Waals surface area (Å²) in [5.74, 6) is 0. The number of nitrogens with zero attached hydrogens (tertiary/aromatic N) is 1. The molecule has 1 heterocycles. The minimum Gasteiger partial charge on any atom is -0.396 e. The smallest absolute Gasteiger partial charge is 0.0709 e. The van der Waals surface area contributed by atoms with Crippen molar-refractivity contribution in [3.63, 3.8) is 0 Å². The number of anilines is 1. The maximum atomic E-state index is 8.76. The molecule has 1 aromatic heterocycles. The number of aliphatic hydroxyl groups is 1. The van der Waals surface area contributed by atoms with Gasteiger partial charge in [-0.15, -0.1) is 0 Å². The number of aryl methyl sites for hydroxylation is 2. The number of unbranched alkanes of at least 4 members (excludes halogenated alkanes) is 1. The normalized spacial score (nSPS) is 10.1. The summed E-state index contributed by atoms with van der Waals surface area (Å²) >= 11 is 0. The summed E-state index contributed by atoms with van der Waals surface area (Å²) in [6, 6.07) is 8.50. The number of hydrogen-bond donors (Lipinski definition) is 2. The van der Waals surface area contributed by atoms with Crippen LogP contribution in [0.25, 0.3) is 10.9 Å². The van der Waals surface area contributed by atoms with E-state index in [9.17, 15) is 0 Å². The van der Waals surface area contributed by atoms with E-state index in [2.05, 4.69) is 41.5 Å². The maximum absolute atomic E-state index is 8.76. The van der Waals surface area contributed by atoms with Crippen molar-refractivity contribution in [3.8, 4) is 0 Å². The monoisotopic (exact) mass is 288 g/mol. The topological polar surface area (TPSA) is 45.2 Å². The first kappa shape index (κ1) is 17.4. The molecule has 1 aromatic carbocycles. The van der Waals surface area contributed by atoms with Crippen LogP contribution in [0.4, 0.5) is 5.69 Å². The van der Waals surface area contributed by atoms with E-state index in [1.807, 2.05) is 20.8 Å². The van der Waals surface area contributed by atoms with E-state index in [0.717, 1.165) is 42.7 Å². The van der Waals surface area contributed by atoms with E-state index in [1.54, 1.807) is 0 Å². The number of rotatable bonds is 6. The first-order valence-corrected chi connectivity index (χ1v) is 7.99. The van der Waals surface area contributed by atoms with Gasteiger partial charge in [0.2, 0.25) is 0 Å². The molecule has 0 saturated carbocycles. The lowest BCUT2D eigenvalue weighted by atomic mass is 10.0. The van der Waals surface area contributed by atoms with Gasteiger partial charge in [-0.1, -0.05) is 20.8 Å². The number of aliphatic hydroxyl groups excluding tert-OH is 1. The summed E-state index contributed by atoms with van der Waals surface area (Å²) in [7, 11) is 0. The summed E-state index contributed by atoms with van der Waals surface area (Å²) in [5.41, 5.74) is 4.62. The number of hydrogen-bond acceptors (Lipinski definition) is 3. The Bertz CT molecular complexity index is 552. The molecule has 2 aromatic rings. The molecule has 0 bridgehead atoms. The number of nitrogens with one attached hydrogen (secondary N) is 1. The van der Waals surface area contributed by atoms with Gasteiger partial charge in [0.05, 0.1) is 5.52 Å². The Morgan fingerprint density at radius 3 is 2.57 bits per heavy atom. The van der Waals surface area contributed by atoms with Crippen LogP contribution >= 0.6 is 0 Å². The van der Waals surface area contributed by atoms with Crippen LogP contribution in [0.15, 0.2) is 24.3 Å². The van der Waals surface area contributed by atoms with Crippen molar-refractivity contribution in [2.24, 2.45) is 0 Å². The van der Waals surface area contributed by atoms with Crippen molar-refractivity contribution in [2.45, 2.75) is 47.0 Å². The van der Waals surface area contributed by atoms with E-state index in [0.29, 0.717) is 0 Å². The third kappa shape index (κ3) is 5.01. The van der Waals surface area contributed by atoms with Crippen molar-refractivity contribution in [1.82, 2.24) is 4.98 Å². The fraction of sp³-hybridized carbons (Fsp3) is 0.500. The van der Waals surface area contributed by atoms with Crippen LogP contribution in [-0.4, -0.2) is 23.2 Å². The fourth-order valence-corrected chi connectivity index (χ4v) is 2.31. The molecule has 3 heteroatoms. The van der Waals surface area contributed by atoms with Crippen molar-refractivity contribution in [3.05, 3.63) is 35.5 Å². The minimum atomic E-state index is 0.266. The quantitative estimate of drug-likeness (QED) is 0.778. The molecule has 0 aliphatic rings. The summed E-state index contributed by atoms with van der Waals surface area (Å²) < 4.78 is 0. The molecule has 3 nitrogen and oxygen atoms in total. The van der Waals surface area contributed by atoms with Crippen LogP contribution in [0.5, 0.6) is 0 Å². The number of fused-ring (bicyclic) bond motifs is 1. The molecular weight excluding hydrogens is 260 g/mol. The lowest BCUT2D eigenvalue weighted by molar-refractivity contribution is 0.286. The molecule has 0 atom stereocenters. The molecule has 2 rings (SSSR count). The van der Waals surface area contributed by atoms with Gasteiger partial charge in [0.25, 0.3) is 0 Å². The molecular formula is C18H28N2O. The summed E-state index contributed by atoms with van der Waals surface area (Å²) in [6.07, 6.45) is 2.86. The van der Waals surface area contributed by atoms with E-state index in [4.69, 9.17) is 5.11 Å². The highest BCUT2D eigenvalue weighted by molar-refractivity contribution is 5.85.